The Bertz CT molecular complexity index is 5760. The minimum atomic E-state index is -2.40. The van der Waals surface area contributed by atoms with Crippen LogP contribution in [0, 0.1) is 6.92 Å². The Morgan fingerprint density at radius 3 is 1.05 bits per heavy atom. The number of para-hydroxylation sites is 2. The molecule has 4 aliphatic rings. The van der Waals surface area contributed by atoms with Crippen LogP contribution in [0.15, 0.2) is 267 Å². The quantitative estimate of drug-likeness (QED) is 0.0426. The lowest BCUT2D eigenvalue weighted by molar-refractivity contribution is 0.0464. The van der Waals surface area contributed by atoms with Gasteiger partial charge in [0.05, 0.1) is 30.3 Å². The number of rotatable bonds is 15. The molecule has 4 aliphatic heterocycles. The van der Waals surface area contributed by atoms with E-state index >= 15 is 9.59 Å². The molecule has 14 aromatic carbocycles. The van der Waals surface area contributed by atoms with E-state index < -0.39 is 45.4 Å². The zero-order chi connectivity index (χ0) is 68.4. The molecule has 0 amide bonds. The maximum atomic E-state index is 15.2. The van der Waals surface area contributed by atoms with Crippen molar-refractivity contribution < 1.29 is 38.1 Å². The topological polar surface area (TPSA) is 112 Å². The number of nitrogens with zero attached hydrogens (tertiary/aromatic N) is 2. The minimum Gasteiger partial charge on any atom is -0.457 e. The fourth-order valence-corrected chi connectivity index (χ4v) is 17.8. The predicted octanol–water partition coefficient (Wildman–Crippen LogP) is 15.4. The highest BCUT2D eigenvalue weighted by Crippen LogP contribution is 2.50. The van der Waals surface area contributed by atoms with Gasteiger partial charge in [0.1, 0.15) is 26.4 Å². The van der Waals surface area contributed by atoms with Crippen molar-refractivity contribution in [2.24, 2.45) is 0 Å². The number of ether oxygens (including phenoxy) is 4. The number of carbonyl (C=O) groups is 4. The van der Waals surface area contributed by atoms with Crippen LogP contribution in [0.1, 0.15) is 69.2 Å². The normalized spacial score (nSPS) is 12.8. The number of benzene rings is 14. The SMILES string of the molecule is Cc1cc2c3c(cc4c([Si](C)(C)C)cc5c6c(cc1c3c46)B1c3ccc(C(=O)OCc4ccccc4)cc3N(c3ccccc3)c3cc(C(=O)OCc4ccccc4)cc-5c31)B1c3ccc(C(=O)OCc4ccccc4)cc3N(c3ccccc3)c3cc(C(=O)OCc4ccccc4)cc-2c31. The molecule has 0 fully saturated rings. The van der Waals surface area contributed by atoms with Crippen LogP contribution in [0.4, 0.5) is 34.1 Å². The first-order valence-corrected chi connectivity index (χ1v) is 37.8. The zero-order valence-electron chi connectivity index (χ0n) is 56.0. The Labute approximate surface area is 586 Å². The second-order valence-electron chi connectivity index (χ2n) is 27.9. The van der Waals surface area contributed by atoms with Gasteiger partial charge in [0, 0.05) is 34.1 Å². The Hall–Kier alpha value is -12.1. The third-order valence-corrected chi connectivity index (χ3v) is 22.8. The lowest BCUT2D eigenvalue weighted by Gasteiger charge is -2.43. The average molecular weight is 1330 g/mol. The van der Waals surface area contributed by atoms with Crippen molar-refractivity contribution in [1.82, 2.24) is 0 Å². The summed E-state index contributed by atoms with van der Waals surface area (Å²) in [7, 11) is -2.40. The molecule has 4 heterocycles. The van der Waals surface area contributed by atoms with Crippen LogP contribution in [0.25, 0.3) is 54.6 Å². The van der Waals surface area contributed by atoms with Gasteiger partial charge >= 0.3 is 23.9 Å². The molecule has 101 heavy (non-hydrogen) atoms. The Morgan fingerprint density at radius 1 is 0.327 bits per heavy atom. The first-order chi connectivity index (χ1) is 49.3. The maximum absolute atomic E-state index is 15.2. The second kappa shape index (κ2) is 24.1. The molecule has 0 spiro atoms. The van der Waals surface area contributed by atoms with Gasteiger partial charge in [-0.15, -0.1) is 0 Å². The molecule has 0 aromatic heterocycles. The molecular weight excluding hydrogens is 1260 g/mol. The second-order valence-corrected chi connectivity index (χ2v) is 32.9. The van der Waals surface area contributed by atoms with Gasteiger partial charge < -0.3 is 28.7 Å². The van der Waals surface area contributed by atoms with Crippen molar-refractivity contribution in [3.63, 3.8) is 0 Å². The number of carbonyl (C=O) groups excluding carboxylic acids is 4. The Kier molecular flexibility index (Phi) is 14.7. The fourth-order valence-electron chi connectivity index (χ4n) is 16.2. The van der Waals surface area contributed by atoms with E-state index in [-0.39, 0.29) is 26.4 Å². The van der Waals surface area contributed by atoms with Crippen LogP contribution in [0.5, 0.6) is 0 Å². The number of esters is 4. The Morgan fingerprint density at radius 2 is 0.663 bits per heavy atom. The maximum Gasteiger partial charge on any atom is 0.338 e. The molecule has 0 aliphatic carbocycles. The van der Waals surface area contributed by atoms with Crippen molar-refractivity contribution in [2.75, 3.05) is 9.80 Å². The summed E-state index contributed by atoms with van der Waals surface area (Å²) in [4.78, 5) is 63.7. The summed E-state index contributed by atoms with van der Waals surface area (Å²) >= 11 is 0. The van der Waals surface area contributed by atoms with Gasteiger partial charge in [0.25, 0.3) is 0 Å². The molecule has 484 valence electrons. The molecule has 0 bridgehead atoms. The molecule has 0 saturated heterocycles. The van der Waals surface area contributed by atoms with Crippen LogP contribution < -0.4 is 47.8 Å². The molecule has 0 atom stereocenters. The standard InChI is InChI=1S/C88H64B2N2O8Si/c1-53-39-65-67-40-60(87(95)99-51-56-27-15-7-16-28-56)44-76-83(67)90(71-38-36-59(86(94)98-50-55-25-13-6-14-26-55)43-75(71)91(76)62-31-19-9-20-32-62)73-47-69-78(101(2,3)4)48-66-68-41-61(88(96)100-52-57-29-17-8-18-30-57)45-77-84(68)89(72-46-64(53)81(79(65)73)82(69)80(66)72)70-37-35-58(85(93)97-49-54-23-11-5-12-24-54)42-74(70)92(77)63-33-21-10-22-34-63/h5-48H,49-52H2,1-4H3. The van der Waals surface area contributed by atoms with E-state index in [0.717, 1.165) is 149 Å². The molecule has 0 unspecified atom stereocenters. The largest absolute Gasteiger partial charge is 0.457 e. The first kappa shape index (κ1) is 61.3. The summed E-state index contributed by atoms with van der Waals surface area (Å²) in [6, 6.07) is 88.9. The third-order valence-electron chi connectivity index (χ3n) is 20.7. The number of anilines is 6. The summed E-state index contributed by atoms with van der Waals surface area (Å²) in [6.07, 6.45) is 0. The van der Waals surface area contributed by atoms with E-state index in [2.05, 4.69) is 103 Å². The summed E-state index contributed by atoms with van der Waals surface area (Å²) in [5.41, 5.74) is 21.2. The van der Waals surface area contributed by atoms with Gasteiger partial charge in [-0.3, -0.25) is 0 Å². The van der Waals surface area contributed by atoms with Gasteiger partial charge in [-0.25, -0.2) is 19.2 Å². The van der Waals surface area contributed by atoms with Crippen molar-refractivity contribution in [1.29, 1.82) is 0 Å². The molecule has 13 heteroatoms. The van der Waals surface area contributed by atoms with Crippen LogP contribution in [-0.4, -0.2) is 45.4 Å². The van der Waals surface area contributed by atoms with Crippen LogP contribution in [-0.2, 0) is 45.4 Å². The van der Waals surface area contributed by atoms with Gasteiger partial charge in [-0.1, -0.05) is 230 Å². The molecule has 0 radical (unpaired) electrons. The smallest absolute Gasteiger partial charge is 0.338 e. The fraction of sp³-hybridized carbons (Fsp3) is 0.0909. The number of hydrogen-bond acceptors (Lipinski definition) is 10. The van der Waals surface area contributed by atoms with E-state index in [1.54, 1.807) is 0 Å². The molecule has 0 saturated carbocycles. The zero-order valence-corrected chi connectivity index (χ0v) is 57.0. The van der Waals surface area contributed by atoms with Gasteiger partial charge in [0.2, 0.25) is 13.4 Å². The number of aryl methyl sites for hydroxylation is 1. The summed E-state index contributed by atoms with van der Waals surface area (Å²) in [6.45, 7) is 9.07. The van der Waals surface area contributed by atoms with Gasteiger partial charge in [0.15, 0.2) is 0 Å². The monoisotopic (exact) mass is 1330 g/mol. The molecular formula is C88H64B2N2O8Si. The number of hydrogen-bond donors (Lipinski definition) is 0. The van der Waals surface area contributed by atoms with Crippen LogP contribution in [0.2, 0.25) is 19.6 Å². The van der Waals surface area contributed by atoms with Crippen molar-refractivity contribution >= 4 is 150 Å². The summed E-state index contributed by atoms with van der Waals surface area (Å²) < 4.78 is 24.7. The van der Waals surface area contributed by atoms with Crippen LogP contribution >= 0.6 is 0 Å². The van der Waals surface area contributed by atoms with Gasteiger partial charge in [-0.05, 0) is 184 Å². The van der Waals surface area contributed by atoms with E-state index in [1.165, 1.54) is 5.19 Å². The first-order valence-electron chi connectivity index (χ1n) is 34.3. The molecule has 14 aromatic rings. The van der Waals surface area contributed by atoms with E-state index in [1.807, 2.05) is 200 Å². The highest BCUT2D eigenvalue weighted by Gasteiger charge is 2.47. The minimum absolute atomic E-state index is 0.0830. The van der Waals surface area contributed by atoms with Crippen LogP contribution in [0.3, 0.4) is 0 Å². The van der Waals surface area contributed by atoms with Gasteiger partial charge in [-0.2, -0.15) is 0 Å². The lowest BCUT2D eigenvalue weighted by Crippen LogP contribution is -2.60. The van der Waals surface area contributed by atoms with Crippen molar-refractivity contribution in [3.8, 4) is 22.3 Å². The predicted molar refractivity (Wildman–Crippen MR) is 410 cm³/mol. The highest BCUT2D eigenvalue weighted by molar-refractivity contribution is 7.03. The third kappa shape index (κ3) is 10.2. The lowest BCUT2D eigenvalue weighted by atomic mass is 9.31. The Balaban J connectivity index is 0.911. The molecule has 10 nitrogen and oxygen atoms in total. The highest BCUT2D eigenvalue weighted by atomic mass is 28.3. The average Bonchev–Trinajstić information content (AvgIpc) is 0.668. The van der Waals surface area contributed by atoms with Crippen molar-refractivity contribution in [2.45, 2.75) is 53.0 Å². The summed E-state index contributed by atoms with van der Waals surface area (Å²) in [5, 5.41) is 7.93. The van der Waals surface area contributed by atoms with E-state index in [0.29, 0.717) is 22.3 Å². The van der Waals surface area contributed by atoms with E-state index in [9.17, 15) is 9.59 Å². The van der Waals surface area contributed by atoms with Crippen molar-refractivity contribution in [3.05, 3.63) is 317 Å². The van der Waals surface area contributed by atoms with E-state index in [4.69, 9.17) is 18.9 Å². The molecule has 0 N–H and O–H groups in total. The molecule has 18 rings (SSSR count). The number of fused-ring (bicyclic) bond motifs is 8. The summed E-state index contributed by atoms with van der Waals surface area (Å²) in [5.74, 6) is -1.83.